The van der Waals surface area contributed by atoms with Gasteiger partial charge in [-0.2, -0.15) is 0 Å². The van der Waals surface area contributed by atoms with Gasteiger partial charge in [0.25, 0.3) is 11.6 Å². The van der Waals surface area contributed by atoms with Gasteiger partial charge in [0.1, 0.15) is 5.69 Å². The van der Waals surface area contributed by atoms with Crippen molar-refractivity contribution in [3.05, 3.63) is 68.2 Å². The van der Waals surface area contributed by atoms with Gasteiger partial charge in [-0.05, 0) is 30.3 Å². The number of rotatable bonds is 5. The van der Waals surface area contributed by atoms with Crippen LogP contribution in [0.2, 0.25) is 10.0 Å². The first-order valence-electron chi connectivity index (χ1n) is 6.53. The van der Waals surface area contributed by atoms with Gasteiger partial charge in [0.05, 0.1) is 10.5 Å². The van der Waals surface area contributed by atoms with Crippen molar-refractivity contribution < 1.29 is 19.2 Å². The average molecular weight is 369 g/mol. The number of halogens is 2. The van der Waals surface area contributed by atoms with E-state index in [2.05, 4.69) is 5.32 Å². The Labute approximate surface area is 146 Å². The van der Waals surface area contributed by atoms with Crippen LogP contribution in [0.3, 0.4) is 0 Å². The summed E-state index contributed by atoms with van der Waals surface area (Å²) in [7, 11) is 0. The molecule has 2 rings (SSSR count). The van der Waals surface area contributed by atoms with Crippen molar-refractivity contribution >= 4 is 46.5 Å². The molecule has 0 aliphatic carbocycles. The van der Waals surface area contributed by atoms with Gasteiger partial charge in [-0.3, -0.25) is 14.9 Å². The SMILES string of the molecule is O=C(COC(=O)c1cccc(Cl)c1)Nc1cc(Cl)ccc1[N+](=O)[O-]. The summed E-state index contributed by atoms with van der Waals surface area (Å²) in [5.74, 6) is -1.48. The van der Waals surface area contributed by atoms with Gasteiger partial charge in [0, 0.05) is 16.1 Å². The predicted octanol–water partition coefficient (Wildman–Crippen LogP) is 3.70. The summed E-state index contributed by atoms with van der Waals surface area (Å²) in [5.41, 5.74) is -0.228. The van der Waals surface area contributed by atoms with E-state index in [1.807, 2.05) is 0 Å². The number of carbonyl (C=O) groups excluding carboxylic acids is 2. The summed E-state index contributed by atoms with van der Waals surface area (Å²) in [5, 5.41) is 13.8. The van der Waals surface area contributed by atoms with Crippen molar-refractivity contribution in [3.63, 3.8) is 0 Å². The number of anilines is 1. The quantitative estimate of drug-likeness (QED) is 0.492. The summed E-state index contributed by atoms with van der Waals surface area (Å²) in [6, 6.07) is 9.75. The maximum Gasteiger partial charge on any atom is 0.338 e. The molecule has 9 heteroatoms. The van der Waals surface area contributed by atoms with Crippen molar-refractivity contribution in [3.8, 4) is 0 Å². The number of hydrogen-bond acceptors (Lipinski definition) is 5. The number of amides is 1. The monoisotopic (exact) mass is 368 g/mol. The molecule has 0 bridgehead atoms. The fraction of sp³-hybridized carbons (Fsp3) is 0.0667. The summed E-state index contributed by atoms with van der Waals surface area (Å²) < 4.78 is 4.84. The van der Waals surface area contributed by atoms with Gasteiger partial charge in [-0.1, -0.05) is 29.3 Å². The van der Waals surface area contributed by atoms with E-state index in [1.165, 1.54) is 24.3 Å². The second-order valence-electron chi connectivity index (χ2n) is 4.55. The van der Waals surface area contributed by atoms with Crippen LogP contribution >= 0.6 is 23.2 Å². The molecule has 0 aromatic heterocycles. The predicted molar refractivity (Wildman–Crippen MR) is 88.5 cm³/mol. The molecule has 1 N–H and O–H groups in total. The molecule has 1 amide bonds. The Morgan fingerprint density at radius 2 is 1.83 bits per heavy atom. The summed E-state index contributed by atoms with van der Waals surface area (Å²) in [6.07, 6.45) is 0. The minimum atomic E-state index is -0.742. The Morgan fingerprint density at radius 3 is 2.50 bits per heavy atom. The van der Waals surface area contributed by atoms with Crippen LogP contribution in [0.5, 0.6) is 0 Å². The van der Waals surface area contributed by atoms with E-state index in [0.717, 1.165) is 6.07 Å². The highest BCUT2D eigenvalue weighted by molar-refractivity contribution is 6.31. The van der Waals surface area contributed by atoms with Crippen molar-refractivity contribution in [2.75, 3.05) is 11.9 Å². The lowest BCUT2D eigenvalue weighted by Crippen LogP contribution is -2.21. The molecule has 0 heterocycles. The molecule has 0 fully saturated rings. The minimum Gasteiger partial charge on any atom is -0.452 e. The zero-order chi connectivity index (χ0) is 17.7. The highest BCUT2D eigenvalue weighted by Crippen LogP contribution is 2.27. The van der Waals surface area contributed by atoms with Crippen LogP contribution in [-0.2, 0) is 9.53 Å². The zero-order valence-electron chi connectivity index (χ0n) is 12.0. The van der Waals surface area contributed by atoms with Gasteiger partial charge in [0.2, 0.25) is 0 Å². The van der Waals surface area contributed by atoms with Gasteiger partial charge >= 0.3 is 5.97 Å². The highest BCUT2D eigenvalue weighted by Gasteiger charge is 2.17. The van der Waals surface area contributed by atoms with E-state index >= 15 is 0 Å². The number of esters is 1. The van der Waals surface area contributed by atoms with E-state index in [1.54, 1.807) is 12.1 Å². The Bertz CT molecular complexity index is 810. The third kappa shape index (κ3) is 4.68. The maximum atomic E-state index is 11.8. The Hall–Kier alpha value is -2.64. The lowest BCUT2D eigenvalue weighted by Gasteiger charge is -2.07. The molecule has 0 aliphatic rings. The second kappa shape index (κ2) is 7.76. The van der Waals surface area contributed by atoms with E-state index in [9.17, 15) is 19.7 Å². The van der Waals surface area contributed by atoms with Gasteiger partial charge < -0.3 is 10.1 Å². The molecule has 124 valence electrons. The van der Waals surface area contributed by atoms with Crippen molar-refractivity contribution in [2.45, 2.75) is 0 Å². The maximum absolute atomic E-state index is 11.8. The fourth-order valence-corrected chi connectivity index (χ4v) is 2.15. The van der Waals surface area contributed by atoms with Crippen LogP contribution in [0.15, 0.2) is 42.5 Å². The number of carbonyl (C=O) groups is 2. The van der Waals surface area contributed by atoms with Crippen LogP contribution in [0.25, 0.3) is 0 Å². The third-order valence-electron chi connectivity index (χ3n) is 2.82. The third-order valence-corrected chi connectivity index (χ3v) is 3.29. The van der Waals surface area contributed by atoms with Crippen LogP contribution in [0.4, 0.5) is 11.4 Å². The number of nitro benzene ring substituents is 1. The summed E-state index contributed by atoms with van der Waals surface area (Å²) in [6.45, 7) is -0.616. The van der Waals surface area contributed by atoms with Crippen molar-refractivity contribution in [1.82, 2.24) is 0 Å². The number of ether oxygens (including phenoxy) is 1. The first-order chi connectivity index (χ1) is 11.4. The number of nitro groups is 1. The highest BCUT2D eigenvalue weighted by atomic mass is 35.5. The largest absolute Gasteiger partial charge is 0.452 e. The topological polar surface area (TPSA) is 98.5 Å². The number of nitrogens with one attached hydrogen (secondary N) is 1. The molecule has 24 heavy (non-hydrogen) atoms. The molecule has 0 unspecified atom stereocenters. The molecular formula is C15H10Cl2N2O5. The second-order valence-corrected chi connectivity index (χ2v) is 5.43. The smallest absolute Gasteiger partial charge is 0.338 e. The van der Waals surface area contributed by atoms with Crippen LogP contribution in [-0.4, -0.2) is 23.4 Å². The Morgan fingerprint density at radius 1 is 1.12 bits per heavy atom. The Balaban J connectivity index is 2.00. The molecule has 0 spiro atoms. The molecule has 2 aromatic rings. The van der Waals surface area contributed by atoms with Crippen molar-refractivity contribution in [2.24, 2.45) is 0 Å². The molecule has 2 aromatic carbocycles. The summed E-state index contributed by atoms with van der Waals surface area (Å²) in [4.78, 5) is 33.9. The van der Waals surface area contributed by atoms with E-state index < -0.39 is 23.4 Å². The number of nitrogens with zero attached hydrogens (tertiary/aromatic N) is 1. The molecular weight excluding hydrogens is 359 g/mol. The van der Waals surface area contributed by atoms with Gasteiger partial charge in [-0.15, -0.1) is 0 Å². The van der Waals surface area contributed by atoms with E-state index in [0.29, 0.717) is 5.02 Å². The molecule has 0 aliphatic heterocycles. The molecule has 7 nitrogen and oxygen atoms in total. The van der Waals surface area contributed by atoms with Crippen LogP contribution in [0.1, 0.15) is 10.4 Å². The first-order valence-corrected chi connectivity index (χ1v) is 7.29. The van der Waals surface area contributed by atoms with E-state index in [4.69, 9.17) is 27.9 Å². The van der Waals surface area contributed by atoms with Crippen LogP contribution < -0.4 is 5.32 Å². The summed E-state index contributed by atoms with van der Waals surface area (Å²) >= 11 is 11.5. The first kappa shape index (κ1) is 17.7. The number of hydrogen-bond donors (Lipinski definition) is 1. The Kier molecular flexibility index (Phi) is 5.73. The minimum absolute atomic E-state index is 0.0868. The fourth-order valence-electron chi connectivity index (χ4n) is 1.78. The number of benzene rings is 2. The van der Waals surface area contributed by atoms with Gasteiger partial charge in [0.15, 0.2) is 6.61 Å². The molecule has 0 atom stereocenters. The van der Waals surface area contributed by atoms with Gasteiger partial charge in [-0.25, -0.2) is 4.79 Å². The lowest BCUT2D eigenvalue weighted by molar-refractivity contribution is -0.383. The van der Waals surface area contributed by atoms with E-state index in [-0.39, 0.29) is 22.0 Å². The zero-order valence-corrected chi connectivity index (χ0v) is 13.5. The lowest BCUT2D eigenvalue weighted by atomic mass is 10.2. The molecule has 0 saturated carbocycles. The van der Waals surface area contributed by atoms with Crippen molar-refractivity contribution in [1.29, 1.82) is 0 Å². The molecule has 0 radical (unpaired) electrons. The average Bonchev–Trinajstić information content (AvgIpc) is 2.52. The standard InChI is InChI=1S/C15H10Cl2N2O5/c16-10-3-1-2-9(6-10)15(21)24-8-14(20)18-12-7-11(17)4-5-13(12)19(22)23/h1-7H,8H2,(H,18,20). The normalized spacial score (nSPS) is 10.1. The van der Waals surface area contributed by atoms with Crippen LogP contribution in [0, 0.1) is 10.1 Å². The molecule has 0 saturated heterocycles.